The van der Waals surface area contributed by atoms with E-state index in [1.807, 2.05) is 18.2 Å². The van der Waals surface area contributed by atoms with E-state index in [1.165, 1.54) is 10.8 Å². The standard InChI is InChI=1S/C13H13BrO/c1-2-7-15-13-6-4-10-8-12(14)5-3-11(10)9-13/h3-6,8-9H,2,7H2,1H3/i1D. The fraction of sp³-hybridized carbons (Fsp3) is 0.231. The largest absolute Gasteiger partial charge is 0.494 e. The Hall–Kier alpha value is -1.02. The van der Waals surface area contributed by atoms with Gasteiger partial charge < -0.3 is 4.74 Å². The number of ether oxygens (including phenoxy) is 1. The minimum atomic E-state index is 0.417. The molecule has 0 N–H and O–H groups in total. The Morgan fingerprint density at radius 1 is 1.20 bits per heavy atom. The Morgan fingerprint density at radius 2 is 2.00 bits per heavy atom. The van der Waals surface area contributed by atoms with E-state index in [2.05, 4.69) is 34.1 Å². The molecular formula is C13H13BrO. The summed E-state index contributed by atoms with van der Waals surface area (Å²) >= 11 is 3.45. The molecule has 0 fully saturated rings. The summed E-state index contributed by atoms with van der Waals surface area (Å²) in [7, 11) is 0. The molecule has 2 rings (SSSR count). The Labute approximate surface area is 99.6 Å². The molecule has 0 bridgehead atoms. The number of hydrogen-bond acceptors (Lipinski definition) is 1. The van der Waals surface area contributed by atoms with E-state index in [0.29, 0.717) is 13.5 Å². The van der Waals surface area contributed by atoms with Gasteiger partial charge >= 0.3 is 0 Å². The van der Waals surface area contributed by atoms with Gasteiger partial charge in [-0.1, -0.05) is 35.0 Å². The Balaban J connectivity index is 2.20. The van der Waals surface area contributed by atoms with Crippen molar-refractivity contribution in [1.29, 1.82) is 0 Å². The molecule has 0 saturated carbocycles. The van der Waals surface area contributed by atoms with Crippen molar-refractivity contribution < 1.29 is 6.11 Å². The highest BCUT2D eigenvalue weighted by Gasteiger charge is 1.97. The first kappa shape index (κ1) is 9.22. The molecule has 2 heteroatoms. The molecule has 0 aromatic heterocycles. The highest BCUT2D eigenvalue weighted by atomic mass is 79.9. The second-order valence-corrected chi connectivity index (χ2v) is 4.27. The van der Waals surface area contributed by atoms with Crippen molar-refractivity contribution in [2.45, 2.75) is 13.3 Å². The van der Waals surface area contributed by atoms with Gasteiger partial charge in [0.2, 0.25) is 0 Å². The van der Waals surface area contributed by atoms with Gasteiger partial charge in [0.05, 0.1) is 6.61 Å². The van der Waals surface area contributed by atoms with Gasteiger partial charge in [-0.2, -0.15) is 0 Å². The molecule has 0 radical (unpaired) electrons. The topological polar surface area (TPSA) is 9.23 Å². The molecule has 0 saturated heterocycles. The zero-order valence-corrected chi connectivity index (χ0v) is 9.96. The van der Waals surface area contributed by atoms with E-state index < -0.39 is 0 Å². The maximum atomic E-state index is 7.04. The Bertz CT molecular complexity index is 484. The zero-order chi connectivity index (χ0) is 11.4. The highest BCUT2D eigenvalue weighted by molar-refractivity contribution is 9.10. The lowest BCUT2D eigenvalue weighted by Gasteiger charge is -2.05. The first-order valence-corrected chi connectivity index (χ1v) is 5.70. The molecular weight excluding hydrogens is 252 g/mol. The number of fused-ring (bicyclic) bond motifs is 1. The van der Waals surface area contributed by atoms with Crippen LogP contribution in [0.3, 0.4) is 0 Å². The van der Waals surface area contributed by atoms with E-state index in [0.717, 1.165) is 16.6 Å². The monoisotopic (exact) mass is 265 g/mol. The van der Waals surface area contributed by atoms with Gasteiger partial charge in [0.1, 0.15) is 5.75 Å². The predicted octanol–water partition coefficient (Wildman–Crippen LogP) is 4.39. The van der Waals surface area contributed by atoms with Crippen LogP contribution in [0, 0.1) is 0 Å². The lowest BCUT2D eigenvalue weighted by atomic mass is 10.1. The summed E-state index contributed by atoms with van der Waals surface area (Å²) in [6.45, 7) is 1.03. The maximum absolute atomic E-state index is 7.04. The van der Waals surface area contributed by atoms with Crippen molar-refractivity contribution in [2.24, 2.45) is 0 Å². The second kappa shape index (κ2) is 4.67. The fourth-order valence-electron chi connectivity index (χ4n) is 1.47. The summed E-state index contributed by atoms with van der Waals surface area (Å²) in [6.07, 6.45) is 0.776. The third-order valence-electron chi connectivity index (χ3n) is 2.19. The van der Waals surface area contributed by atoms with Crippen molar-refractivity contribution in [3.05, 3.63) is 40.9 Å². The third-order valence-corrected chi connectivity index (χ3v) is 2.68. The van der Waals surface area contributed by atoms with Crippen LogP contribution < -0.4 is 4.74 Å². The van der Waals surface area contributed by atoms with Crippen LogP contribution in [0.5, 0.6) is 5.75 Å². The molecule has 1 nitrogen and oxygen atoms in total. The molecule has 0 aliphatic rings. The average Bonchev–Trinajstić information content (AvgIpc) is 2.29. The van der Waals surface area contributed by atoms with Crippen LogP contribution in [0.1, 0.15) is 14.7 Å². The van der Waals surface area contributed by atoms with E-state index in [-0.39, 0.29) is 0 Å². The molecule has 0 aliphatic carbocycles. The first-order valence-electron chi connectivity index (χ1n) is 5.61. The number of benzene rings is 2. The van der Waals surface area contributed by atoms with Gasteiger partial charge in [-0.15, -0.1) is 0 Å². The number of hydrogen-bond donors (Lipinski definition) is 0. The molecule has 78 valence electrons. The van der Waals surface area contributed by atoms with Crippen LogP contribution in [0.4, 0.5) is 0 Å². The van der Waals surface area contributed by atoms with Gasteiger partial charge in [0.25, 0.3) is 0 Å². The van der Waals surface area contributed by atoms with Crippen LogP contribution in [0.25, 0.3) is 10.8 Å². The molecule has 0 amide bonds. The zero-order valence-electron chi connectivity index (χ0n) is 9.37. The quantitative estimate of drug-likeness (QED) is 0.748. The van der Waals surface area contributed by atoms with Crippen LogP contribution in [-0.4, -0.2) is 6.61 Å². The van der Waals surface area contributed by atoms with Gasteiger partial charge in [-0.05, 0) is 41.5 Å². The summed E-state index contributed by atoms with van der Waals surface area (Å²) in [5.74, 6) is 0.878. The maximum Gasteiger partial charge on any atom is 0.119 e. The fourth-order valence-corrected chi connectivity index (χ4v) is 1.85. The van der Waals surface area contributed by atoms with Gasteiger partial charge in [0.15, 0.2) is 0 Å². The molecule has 0 atom stereocenters. The molecule has 0 heterocycles. The lowest BCUT2D eigenvalue weighted by molar-refractivity contribution is 0.318. The van der Waals surface area contributed by atoms with Gasteiger partial charge in [-0.25, -0.2) is 0 Å². The highest BCUT2D eigenvalue weighted by Crippen LogP contribution is 2.24. The smallest absolute Gasteiger partial charge is 0.119 e. The summed E-state index contributed by atoms with van der Waals surface area (Å²) < 4.78 is 13.7. The molecule has 2 aromatic carbocycles. The third kappa shape index (κ3) is 2.51. The van der Waals surface area contributed by atoms with Crippen LogP contribution in [0.15, 0.2) is 40.9 Å². The molecule has 15 heavy (non-hydrogen) atoms. The molecule has 0 spiro atoms. The lowest BCUT2D eigenvalue weighted by Crippen LogP contribution is -1.94. The molecule has 0 unspecified atom stereocenters. The van der Waals surface area contributed by atoms with E-state index in [9.17, 15) is 0 Å². The second-order valence-electron chi connectivity index (χ2n) is 3.36. The summed E-state index contributed by atoms with van der Waals surface area (Å²) in [6, 6.07) is 12.2. The van der Waals surface area contributed by atoms with E-state index in [1.54, 1.807) is 0 Å². The average molecular weight is 266 g/mol. The SMILES string of the molecule is [2H]CCCOc1ccc2cc(Br)ccc2c1. The minimum absolute atomic E-state index is 0.417. The predicted molar refractivity (Wildman–Crippen MR) is 67.4 cm³/mol. The van der Waals surface area contributed by atoms with Crippen molar-refractivity contribution >= 4 is 26.7 Å². The summed E-state index contributed by atoms with van der Waals surface area (Å²) in [4.78, 5) is 0. The molecule has 2 aromatic rings. The van der Waals surface area contributed by atoms with E-state index in [4.69, 9.17) is 6.11 Å². The normalized spacial score (nSPS) is 11.4. The van der Waals surface area contributed by atoms with Crippen molar-refractivity contribution in [2.75, 3.05) is 6.61 Å². The minimum Gasteiger partial charge on any atom is -0.494 e. The van der Waals surface area contributed by atoms with Gasteiger partial charge in [0, 0.05) is 5.84 Å². The van der Waals surface area contributed by atoms with E-state index >= 15 is 0 Å². The van der Waals surface area contributed by atoms with Gasteiger partial charge in [-0.3, -0.25) is 0 Å². The first-order chi connectivity index (χ1) is 7.79. The van der Waals surface area contributed by atoms with Crippen molar-refractivity contribution in [3.8, 4) is 5.75 Å². The summed E-state index contributed by atoms with van der Waals surface area (Å²) in [5, 5.41) is 2.37. The van der Waals surface area contributed by atoms with Crippen LogP contribution in [-0.2, 0) is 0 Å². The number of halogens is 1. The Morgan fingerprint density at radius 3 is 2.87 bits per heavy atom. The van der Waals surface area contributed by atoms with Crippen LogP contribution in [0.2, 0.25) is 0 Å². The van der Waals surface area contributed by atoms with Crippen molar-refractivity contribution in [3.63, 3.8) is 0 Å². The molecule has 0 aliphatic heterocycles. The van der Waals surface area contributed by atoms with Crippen LogP contribution >= 0.6 is 15.9 Å². The Kier molecular flexibility index (Phi) is 2.87. The summed E-state index contributed by atoms with van der Waals surface area (Å²) in [5.41, 5.74) is 0. The number of rotatable bonds is 3. The van der Waals surface area contributed by atoms with Crippen molar-refractivity contribution in [1.82, 2.24) is 0 Å².